The fourth-order valence-corrected chi connectivity index (χ4v) is 1.69. The van der Waals surface area contributed by atoms with Crippen LogP contribution in [-0.4, -0.2) is 25.2 Å². The highest BCUT2D eigenvalue weighted by Gasteiger charge is 2.31. The van der Waals surface area contributed by atoms with E-state index in [4.69, 9.17) is 14.7 Å². The maximum Gasteiger partial charge on any atom is 0.256 e. The highest BCUT2D eigenvalue weighted by atomic mass is 16.5. The average Bonchev–Trinajstić information content (AvgIpc) is 2.52. The molecule has 1 rings (SSSR count). The number of amides is 1. The van der Waals surface area contributed by atoms with Gasteiger partial charge in [0.2, 0.25) is 0 Å². The molecule has 0 heterocycles. The van der Waals surface area contributed by atoms with Crippen LogP contribution in [0.5, 0.6) is 5.75 Å². The number of benzene rings is 1. The van der Waals surface area contributed by atoms with Crippen molar-refractivity contribution < 1.29 is 14.3 Å². The minimum atomic E-state index is -0.885. The summed E-state index contributed by atoms with van der Waals surface area (Å²) < 4.78 is 10.7. The van der Waals surface area contributed by atoms with Gasteiger partial charge in [0, 0.05) is 12.8 Å². The lowest BCUT2D eigenvalue weighted by Gasteiger charge is -2.25. The zero-order valence-corrected chi connectivity index (χ0v) is 13.0. The highest BCUT2D eigenvalue weighted by Crippen LogP contribution is 2.24. The van der Waals surface area contributed by atoms with Crippen LogP contribution in [-0.2, 0) is 9.53 Å². The summed E-state index contributed by atoms with van der Waals surface area (Å²) >= 11 is 0. The van der Waals surface area contributed by atoms with Crippen LogP contribution in [0.25, 0.3) is 0 Å². The average molecular weight is 290 g/mol. The molecule has 0 unspecified atom stereocenters. The third-order valence-electron chi connectivity index (χ3n) is 3.43. The van der Waals surface area contributed by atoms with Crippen LogP contribution in [0, 0.1) is 11.3 Å². The molecule has 1 N–H and O–H groups in total. The second-order valence-electron chi connectivity index (χ2n) is 4.91. The summed E-state index contributed by atoms with van der Waals surface area (Å²) in [5.41, 5.74) is 0.0680. The zero-order chi connectivity index (χ0) is 15.9. The monoisotopic (exact) mass is 290 g/mol. The number of nitrogens with one attached hydrogen (secondary N) is 1. The molecule has 0 aliphatic heterocycles. The first-order valence-electron chi connectivity index (χ1n) is 7.04. The molecule has 1 atom stereocenters. The Kier molecular flexibility index (Phi) is 6.19. The van der Waals surface area contributed by atoms with E-state index in [1.165, 1.54) is 7.11 Å². The van der Waals surface area contributed by atoms with Crippen LogP contribution in [0.15, 0.2) is 18.2 Å². The first kappa shape index (κ1) is 17.0. The quantitative estimate of drug-likeness (QED) is 0.837. The molecule has 0 spiro atoms. The van der Waals surface area contributed by atoms with Gasteiger partial charge in [-0.05, 0) is 38.0 Å². The molecule has 0 aromatic heterocycles. The molecule has 114 valence electrons. The fraction of sp³-hybridized carbons (Fsp3) is 0.500. The smallest absolute Gasteiger partial charge is 0.256 e. The number of anilines is 1. The number of hydrogen-bond donors (Lipinski definition) is 1. The van der Waals surface area contributed by atoms with Gasteiger partial charge >= 0.3 is 0 Å². The van der Waals surface area contributed by atoms with Gasteiger partial charge in [-0.2, -0.15) is 5.26 Å². The summed E-state index contributed by atoms with van der Waals surface area (Å²) in [7, 11) is 1.51. The first-order chi connectivity index (χ1) is 10.0. The molecule has 0 bridgehead atoms. The minimum absolute atomic E-state index is 0.237. The second kappa shape index (κ2) is 7.65. The van der Waals surface area contributed by atoms with Crippen LogP contribution in [0.2, 0.25) is 0 Å². The van der Waals surface area contributed by atoms with Gasteiger partial charge in [-0.25, -0.2) is 0 Å². The number of methoxy groups -OCH3 is 1. The van der Waals surface area contributed by atoms with E-state index >= 15 is 0 Å². The standard InChI is InChI=1S/C16H22N2O3/c1-5-9-21-14-8-7-13(10-12(14)11-17)18-15(19)16(3,6-2)20-4/h7-8,10H,5-6,9H2,1-4H3,(H,18,19)/t16-/m0/s1. The summed E-state index contributed by atoms with van der Waals surface area (Å²) in [5.74, 6) is 0.293. The van der Waals surface area contributed by atoms with Crippen LogP contribution < -0.4 is 10.1 Å². The van der Waals surface area contributed by atoms with Gasteiger partial charge in [0.15, 0.2) is 0 Å². The van der Waals surface area contributed by atoms with Gasteiger partial charge in [-0.3, -0.25) is 4.79 Å². The predicted octanol–water partition coefficient (Wildman–Crippen LogP) is 3.10. The van der Waals surface area contributed by atoms with E-state index in [1.807, 2.05) is 13.8 Å². The van der Waals surface area contributed by atoms with E-state index in [2.05, 4.69) is 11.4 Å². The number of carbonyl (C=O) groups excluding carboxylic acids is 1. The van der Waals surface area contributed by atoms with Crippen molar-refractivity contribution in [3.05, 3.63) is 23.8 Å². The van der Waals surface area contributed by atoms with Crippen LogP contribution >= 0.6 is 0 Å². The molecule has 5 heteroatoms. The zero-order valence-electron chi connectivity index (χ0n) is 13.0. The van der Waals surface area contributed by atoms with Crippen molar-refractivity contribution in [1.82, 2.24) is 0 Å². The largest absolute Gasteiger partial charge is 0.492 e. The Bertz CT molecular complexity index is 531. The topological polar surface area (TPSA) is 71.3 Å². The fourth-order valence-electron chi connectivity index (χ4n) is 1.69. The molecule has 0 radical (unpaired) electrons. The molecule has 0 aliphatic carbocycles. The number of carbonyl (C=O) groups is 1. The maximum absolute atomic E-state index is 12.2. The molecule has 0 saturated carbocycles. The Morgan fingerprint density at radius 1 is 1.43 bits per heavy atom. The van der Waals surface area contributed by atoms with Gasteiger partial charge in [-0.15, -0.1) is 0 Å². The Morgan fingerprint density at radius 2 is 2.14 bits per heavy atom. The maximum atomic E-state index is 12.2. The van der Waals surface area contributed by atoms with E-state index in [0.29, 0.717) is 30.0 Å². The first-order valence-corrected chi connectivity index (χ1v) is 7.04. The molecular formula is C16H22N2O3. The normalized spacial score (nSPS) is 13.1. The van der Waals surface area contributed by atoms with E-state index in [1.54, 1.807) is 25.1 Å². The minimum Gasteiger partial charge on any atom is -0.492 e. The van der Waals surface area contributed by atoms with Crippen LogP contribution in [0.3, 0.4) is 0 Å². The van der Waals surface area contributed by atoms with Crippen molar-refractivity contribution in [1.29, 1.82) is 5.26 Å². The van der Waals surface area contributed by atoms with Crippen LogP contribution in [0.4, 0.5) is 5.69 Å². The Hall–Kier alpha value is -2.06. The highest BCUT2D eigenvalue weighted by molar-refractivity contribution is 5.97. The van der Waals surface area contributed by atoms with Gasteiger partial charge in [-0.1, -0.05) is 13.8 Å². The van der Waals surface area contributed by atoms with Gasteiger partial charge in [0.05, 0.1) is 12.2 Å². The molecule has 1 amide bonds. The summed E-state index contributed by atoms with van der Waals surface area (Å²) in [6.07, 6.45) is 1.42. The molecule has 1 aromatic rings. The van der Waals surface area contributed by atoms with E-state index in [0.717, 1.165) is 6.42 Å². The van der Waals surface area contributed by atoms with E-state index in [9.17, 15) is 4.79 Å². The van der Waals surface area contributed by atoms with Crippen LogP contribution in [0.1, 0.15) is 39.2 Å². The SMILES string of the molecule is CCCOc1ccc(NC(=O)[C@](C)(CC)OC)cc1C#N. The second-order valence-corrected chi connectivity index (χ2v) is 4.91. The third kappa shape index (κ3) is 4.20. The van der Waals surface area contributed by atoms with Crippen molar-refractivity contribution >= 4 is 11.6 Å². The van der Waals surface area contributed by atoms with E-state index < -0.39 is 5.60 Å². The van der Waals surface area contributed by atoms with Crippen molar-refractivity contribution in [3.8, 4) is 11.8 Å². The number of nitrogens with zero attached hydrogens (tertiary/aromatic N) is 1. The van der Waals surface area contributed by atoms with Gasteiger partial charge in [0.1, 0.15) is 17.4 Å². The van der Waals surface area contributed by atoms with Crippen molar-refractivity contribution in [2.24, 2.45) is 0 Å². The molecule has 0 saturated heterocycles. The lowest BCUT2D eigenvalue weighted by atomic mass is 10.0. The molecular weight excluding hydrogens is 268 g/mol. The lowest BCUT2D eigenvalue weighted by molar-refractivity contribution is -0.136. The predicted molar refractivity (Wildman–Crippen MR) is 81.3 cm³/mol. The Balaban J connectivity index is 2.91. The summed E-state index contributed by atoms with van der Waals surface area (Å²) in [4.78, 5) is 12.2. The summed E-state index contributed by atoms with van der Waals surface area (Å²) in [5, 5.41) is 11.9. The number of nitriles is 1. The molecule has 5 nitrogen and oxygen atoms in total. The van der Waals surface area contributed by atoms with Gasteiger partial charge < -0.3 is 14.8 Å². The molecule has 0 aliphatic rings. The lowest BCUT2D eigenvalue weighted by Crippen LogP contribution is -2.41. The third-order valence-corrected chi connectivity index (χ3v) is 3.43. The van der Waals surface area contributed by atoms with Crippen molar-refractivity contribution in [3.63, 3.8) is 0 Å². The molecule has 21 heavy (non-hydrogen) atoms. The Labute approximate surface area is 125 Å². The van der Waals surface area contributed by atoms with E-state index in [-0.39, 0.29) is 5.91 Å². The number of rotatable bonds is 7. The van der Waals surface area contributed by atoms with Gasteiger partial charge in [0.25, 0.3) is 5.91 Å². The Morgan fingerprint density at radius 3 is 2.67 bits per heavy atom. The number of hydrogen-bond acceptors (Lipinski definition) is 4. The summed E-state index contributed by atoms with van der Waals surface area (Å²) in [6, 6.07) is 7.10. The molecule has 0 fully saturated rings. The molecule has 1 aromatic carbocycles. The van der Waals surface area contributed by atoms with Crippen molar-refractivity contribution in [2.45, 2.75) is 39.2 Å². The van der Waals surface area contributed by atoms with Crippen molar-refractivity contribution in [2.75, 3.05) is 19.0 Å². The number of ether oxygens (including phenoxy) is 2. The summed E-state index contributed by atoms with van der Waals surface area (Å²) in [6.45, 7) is 6.16.